The topological polar surface area (TPSA) is 76.1 Å². The highest BCUT2D eigenvalue weighted by molar-refractivity contribution is 7.71. The number of methoxy groups -OCH3 is 1. The van der Waals surface area contributed by atoms with Gasteiger partial charge in [0, 0.05) is 19.2 Å². The molecule has 1 aromatic carbocycles. The van der Waals surface area contributed by atoms with Gasteiger partial charge in [-0.05, 0) is 62.5 Å². The van der Waals surface area contributed by atoms with Crippen molar-refractivity contribution >= 4 is 29.0 Å². The van der Waals surface area contributed by atoms with Crippen molar-refractivity contribution in [1.29, 1.82) is 0 Å². The second kappa shape index (κ2) is 9.10. The number of nitrogens with one attached hydrogen (secondary N) is 2. The van der Waals surface area contributed by atoms with Crippen molar-refractivity contribution in [2.24, 2.45) is 0 Å². The molecule has 144 valence electrons. The van der Waals surface area contributed by atoms with E-state index in [-0.39, 0.29) is 11.5 Å². The first kappa shape index (κ1) is 19.5. The van der Waals surface area contributed by atoms with Gasteiger partial charge in [-0.3, -0.25) is 14.2 Å². The molecule has 0 bridgehead atoms. The summed E-state index contributed by atoms with van der Waals surface area (Å²) in [5, 5.41) is 3.46. The Morgan fingerprint density at radius 3 is 2.96 bits per heavy atom. The van der Waals surface area contributed by atoms with Crippen LogP contribution in [0, 0.1) is 4.77 Å². The molecule has 1 aromatic heterocycles. The summed E-state index contributed by atoms with van der Waals surface area (Å²) in [6.45, 7) is 1.41. The summed E-state index contributed by atoms with van der Waals surface area (Å²) >= 11 is 5.28. The van der Waals surface area contributed by atoms with Crippen molar-refractivity contribution in [3.05, 3.63) is 50.5 Å². The van der Waals surface area contributed by atoms with E-state index in [1.165, 1.54) is 23.0 Å². The van der Waals surface area contributed by atoms with Crippen molar-refractivity contribution in [2.75, 3.05) is 20.3 Å². The van der Waals surface area contributed by atoms with Crippen molar-refractivity contribution in [3.8, 4) is 0 Å². The van der Waals surface area contributed by atoms with Gasteiger partial charge in [0.25, 0.3) is 11.5 Å². The number of nitrogens with zero attached hydrogens (tertiary/aromatic N) is 1. The molecule has 1 amide bonds. The third kappa shape index (κ3) is 4.73. The molecule has 1 aliphatic rings. The van der Waals surface area contributed by atoms with Gasteiger partial charge in [-0.1, -0.05) is 11.6 Å². The number of rotatable bonds is 7. The van der Waals surface area contributed by atoms with E-state index in [1.807, 2.05) is 0 Å². The minimum absolute atomic E-state index is 0.142. The monoisotopic (exact) mass is 387 g/mol. The highest BCUT2D eigenvalue weighted by atomic mass is 32.1. The lowest BCUT2D eigenvalue weighted by atomic mass is 9.97. The molecular weight excluding hydrogens is 362 g/mol. The third-order valence-electron chi connectivity index (χ3n) is 4.88. The van der Waals surface area contributed by atoms with Crippen LogP contribution in [0.15, 0.2) is 34.6 Å². The van der Waals surface area contributed by atoms with Crippen LogP contribution >= 0.6 is 12.2 Å². The first-order valence-corrected chi connectivity index (χ1v) is 9.73. The smallest absolute Gasteiger partial charge is 0.262 e. The Bertz CT molecular complexity index is 975. The number of allylic oxidation sites excluding steroid dienone is 1. The Balaban J connectivity index is 1.73. The summed E-state index contributed by atoms with van der Waals surface area (Å²) in [7, 11) is 1.58. The van der Waals surface area contributed by atoms with Crippen LogP contribution in [-0.4, -0.2) is 35.7 Å². The normalized spacial score (nSPS) is 14.2. The van der Waals surface area contributed by atoms with Crippen molar-refractivity contribution in [3.63, 3.8) is 0 Å². The van der Waals surface area contributed by atoms with Crippen LogP contribution in [0.3, 0.4) is 0 Å². The first-order chi connectivity index (χ1) is 13.1. The fraction of sp³-hybridized carbons (Fsp3) is 0.450. The van der Waals surface area contributed by atoms with E-state index in [2.05, 4.69) is 16.4 Å². The minimum atomic E-state index is -0.179. The Morgan fingerprint density at radius 2 is 2.22 bits per heavy atom. The molecular formula is C20H25N3O3S. The van der Waals surface area contributed by atoms with Crippen molar-refractivity contribution < 1.29 is 9.53 Å². The molecule has 1 heterocycles. The number of ether oxygens (including phenoxy) is 1. The highest BCUT2D eigenvalue weighted by Crippen LogP contribution is 2.19. The van der Waals surface area contributed by atoms with Gasteiger partial charge in [0.2, 0.25) is 0 Å². The molecule has 6 nitrogen and oxygen atoms in total. The number of aromatic nitrogens is 2. The van der Waals surface area contributed by atoms with E-state index in [1.54, 1.807) is 25.3 Å². The van der Waals surface area contributed by atoms with Crippen molar-refractivity contribution in [2.45, 2.75) is 38.6 Å². The Labute approximate surface area is 163 Å². The van der Waals surface area contributed by atoms with Gasteiger partial charge in [-0.15, -0.1) is 0 Å². The summed E-state index contributed by atoms with van der Waals surface area (Å²) in [6, 6.07) is 5.03. The van der Waals surface area contributed by atoms with Crippen molar-refractivity contribution in [1.82, 2.24) is 14.9 Å². The largest absolute Gasteiger partial charge is 0.383 e. The summed E-state index contributed by atoms with van der Waals surface area (Å²) in [5.41, 5.74) is 2.34. The molecule has 2 aromatic rings. The molecule has 0 saturated carbocycles. The van der Waals surface area contributed by atoms with Crippen LogP contribution in [0.4, 0.5) is 0 Å². The molecule has 0 aliphatic heterocycles. The Kier molecular flexibility index (Phi) is 6.58. The van der Waals surface area contributed by atoms with E-state index >= 15 is 0 Å². The first-order valence-electron chi connectivity index (χ1n) is 9.32. The second-order valence-electron chi connectivity index (χ2n) is 6.75. The number of amides is 1. The van der Waals surface area contributed by atoms with Gasteiger partial charge in [-0.2, -0.15) is 0 Å². The summed E-state index contributed by atoms with van der Waals surface area (Å²) in [4.78, 5) is 28.1. The highest BCUT2D eigenvalue weighted by Gasteiger charge is 2.11. The molecule has 7 heteroatoms. The van der Waals surface area contributed by atoms with Gasteiger partial charge in [0.15, 0.2) is 4.77 Å². The van der Waals surface area contributed by atoms with Crippen LogP contribution in [0.2, 0.25) is 0 Å². The summed E-state index contributed by atoms with van der Waals surface area (Å²) in [5.74, 6) is -0.142. The average molecular weight is 388 g/mol. The predicted molar refractivity (Wildman–Crippen MR) is 109 cm³/mol. The standard InChI is InChI=1S/C20H25N3O3S/c1-26-12-11-23-19(25)16-8-7-15(13-17(16)22-20(23)27)18(24)21-10-9-14-5-3-2-4-6-14/h5,7-8,13H,2-4,6,9-12H2,1H3,(H,21,24)(H,22,27). The van der Waals surface area contributed by atoms with Gasteiger partial charge >= 0.3 is 0 Å². The molecule has 1 aliphatic carbocycles. The zero-order valence-corrected chi connectivity index (χ0v) is 16.4. The summed E-state index contributed by atoms with van der Waals surface area (Å²) < 4.78 is 6.82. The van der Waals surface area contributed by atoms with E-state index in [9.17, 15) is 9.59 Å². The Hall–Kier alpha value is -2.25. The lowest BCUT2D eigenvalue weighted by Crippen LogP contribution is -2.26. The lowest BCUT2D eigenvalue weighted by Gasteiger charge is -2.13. The fourth-order valence-electron chi connectivity index (χ4n) is 3.35. The van der Waals surface area contributed by atoms with Crippen LogP contribution < -0.4 is 10.9 Å². The van der Waals surface area contributed by atoms with E-state index in [0.717, 1.165) is 19.3 Å². The maximum absolute atomic E-state index is 12.6. The molecule has 0 spiro atoms. The fourth-order valence-corrected chi connectivity index (χ4v) is 3.64. The van der Waals surface area contributed by atoms with E-state index in [4.69, 9.17) is 17.0 Å². The number of hydrogen-bond donors (Lipinski definition) is 2. The SMILES string of the molecule is COCCn1c(=S)[nH]c2cc(C(=O)NCCC3=CCCCC3)ccc2c1=O. The number of aromatic amines is 1. The lowest BCUT2D eigenvalue weighted by molar-refractivity contribution is 0.0954. The Morgan fingerprint density at radius 1 is 1.37 bits per heavy atom. The van der Waals surface area contributed by atoms with Gasteiger partial charge in [0.05, 0.1) is 24.1 Å². The number of carbonyl (C=O) groups excluding carboxylic acids is 1. The maximum Gasteiger partial charge on any atom is 0.262 e. The molecule has 2 N–H and O–H groups in total. The molecule has 0 fully saturated rings. The van der Waals surface area contributed by atoms with Gasteiger partial charge in [0.1, 0.15) is 0 Å². The van der Waals surface area contributed by atoms with E-state index in [0.29, 0.717) is 40.9 Å². The molecule has 0 atom stereocenters. The summed E-state index contributed by atoms with van der Waals surface area (Å²) in [6.07, 6.45) is 7.98. The predicted octanol–water partition coefficient (Wildman–Crippen LogP) is 3.33. The number of H-pyrrole nitrogens is 1. The second-order valence-corrected chi connectivity index (χ2v) is 7.14. The minimum Gasteiger partial charge on any atom is -0.383 e. The zero-order chi connectivity index (χ0) is 19.2. The molecule has 3 rings (SSSR count). The third-order valence-corrected chi connectivity index (χ3v) is 5.20. The number of benzene rings is 1. The average Bonchev–Trinajstić information content (AvgIpc) is 2.68. The molecule has 0 radical (unpaired) electrons. The molecule has 27 heavy (non-hydrogen) atoms. The van der Waals surface area contributed by atoms with Crippen LogP contribution in [0.5, 0.6) is 0 Å². The quantitative estimate of drug-likeness (QED) is 0.564. The van der Waals surface area contributed by atoms with Crippen LogP contribution in [-0.2, 0) is 11.3 Å². The number of fused-ring (bicyclic) bond motifs is 1. The number of carbonyl (C=O) groups is 1. The van der Waals surface area contributed by atoms with Crippen LogP contribution in [0.25, 0.3) is 10.9 Å². The van der Waals surface area contributed by atoms with Crippen LogP contribution in [0.1, 0.15) is 42.5 Å². The van der Waals surface area contributed by atoms with E-state index < -0.39 is 0 Å². The number of hydrogen-bond acceptors (Lipinski definition) is 4. The van der Waals surface area contributed by atoms with Gasteiger partial charge in [-0.25, -0.2) is 0 Å². The maximum atomic E-state index is 12.6. The zero-order valence-electron chi connectivity index (χ0n) is 15.5. The molecule has 0 unspecified atom stereocenters. The van der Waals surface area contributed by atoms with Gasteiger partial charge < -0.3 is 15.0 Å². The molecule has 0 saturated heterocycles.